The number of hydrogen-bond acceptors (Lipinski definition) is 4. The van der Waals surface area contributed by atoms with Crippen molar-refractivity contribution in [1.29, 1.82) is 0 Å². The molecular weight excluding hydrogens is 226 g/mol. The zero-order chi connectivity index (χ0) is 11.5. The molecule has 1 unspecified atom stereocenters. The Labute approximate surface area is 98.6 Å². The van der Waals surface area contributed by atoms with Crippen LogP contribution < -0.4 is 11.1 Å². The van der Waals surface area contributed by atoms with E-state index >= 15 is 0 Å². The minimum Gasteiger partial charge on any atom is -0.353 e. The van der Waals surface area contributed by atoms with Gasteiger partial charge in [0.25, 0.3) is 0 Å². The molecule has 2 aromatic heterocycles. The SMILES string of the molecule is CC(N)CCNc1nc2ccc(Cl)cn2n1. The standard InChI is InChI=1S/C10H14ClN5/c1-7(12)4-5-13-10-14-9-3-2-8(11)6-16(9)15-10/h2-3,6-7H,4-5,12H2,1H3,(H,13,15). The molecule has 2 rings (SSSR count). The smallest absolute Gasteiger partial charge is 0.243 e. The highest BCUT2D eigenvalue weighted by molar-refractivity contribution is 6.30. The third kappa shape index (κ3) is 2.62. The lowest BCUT2D eigenvalue weighted by Crippen LogP contribution is -2.19. The molecule has 6 heteroatoms. The van der Waals surface area contributed by atoms with E-state index in [-0.39, 0.29) is 6.04 Å². The van der Waals surface area contributed by atoms with Gasteiger partial charge in [0, 0.05) is 18.8 Å². The van der Waals surface area contributed by atoms with Crippen LogP contribution in [-0.2, 0) is 0 Å². The number of nitrogens with two attached hydrogens (primary N) is 1. The summed E-state index contributed by atoms with van der Waals surface area (Å²) in [6, 6.07) is 3.79. The molecule has 0 fully saturated rings. The summed E-state index contributed by atoms with van der Waals surface area (Å²) < 4.78 is 1.65. The molecule has 2 heterocycles. The Morgan fingerprint density at radius 3 is 3.12 bits per heavy atom. The third-order valence-electron chi connectivity index (χ3n) is 2.18. The van der Waals surface area contributed by atoms with Crippen molar-refractivity contribution in [1.82, 2.24) is 14.6 Å². The van der Waals surface area contributed by atoms with Gasteiger partial charge in [-0.3, -0.25) is 0 Å². The zero-order valence-electron chi connectivity index (χ0n) is 9.02. The summed E-state index contributed by atoms with van der Waals surface area (Å²) in [5.74, 6) is 0.600. The lowest BCUT2D eigenvalue weighted by Gasteiger charge is -2.03. The molecule has 0 aliphatic carbocycles. The molecule has 0 aliphatic rings. The Morgan fingerprint density at radius 1 is 1.56 bits per heavy atom. The van der Waals surface area contributed by atoms with E-state index < -0.39 is 0 Å². The molecule has 0 amide bonds. The maximum absolute atomic E-state index is 5.85. The molecule has 0 saturated heterocycles. The minimum absolute atomic E-state index is 0.180. The highest BCUT2D eigenvalue weighted by Gasteiger charge is 2.03. The van der Waals surface area contributed by atoms with Gasteiger partial charge in [-0.05, 0) is 25.5 Å². The lowest BCUT2D eigenvalue weighted by atomic mass is 10.2. The van der Waals surface area contributed by atoms with E-state index in [1.807, 2.05) is 13.0 Å². The van der Waals surface area contributed by atoms with E-state index in [9.17, 15) is 0 Å². The van der Waals surface area contributed by atoms with Crippen LogP contribution in [0.5, 0.6) is 0 Å². The topological polar surface area (TPSA) is 68.2 Å². The van der Waals surface area contributed by atoms with Gasteiger partial charge in [0.1, 0.15) is 0 Å². The quantitative estimate of drug-likeness (QED) is 0.849. The molecule has 3 N–H and O–H groups in total. The first kappa shape index (κ1) is 11.2. The van der Waals surface area contributed by atoms with Gasteiger partial charge in [-0.1, -0.05) is 11.6 Å². The van der Waals surface area contributed by atoms with Gasteiger partial charge in [-0.2, -0.15) is 4.98 Å². The monoisotopic (exact) mass is 239 g/mol. The zero-order valence-corrected chi connectivity index (χ0v) is 9.78. The van der Waals surface area contributed by atoms with Crippen LogP contribution in [0.1, 0.15) is 13.3 Å². The van der Waals surface area contributed by atoms with Crippen LogP contribution in [0.2, 0.25) is 5.02 Å². The van der Waals surface area contributed by atoms with Crippen molar-refractivity contribution in [2.75, 3.05) is 11.9 Å². The summed E-state index contributed by atoms with van der Waals surface area (Å²) in [5, 5.41) is 8.00. The molecule has 1 atom stereocenters. The van der Waals surface area contributed by atoms with E-state index in [0.717, 1.165) is 18.6 Å². The van der Waals surface area contributed by atoms with Crippen molar-refractivity contribution in [3.63, 3.8) is 0 Å². The molecule has 0 bridgehead atoms. The lowest BCUT2D eigenvalue weighted by molar-refractivity contribution is 0.688. The van der Waals surface area contributed by atoms with Crippen molar-refractivity contribution in [2.45, 2.75) is 19.4 Å². The maximum Gasteiger partial charge on any atom is 0.243 e. The first-order valence-corrected chi connectivity index (χ1v) is 5.54. The fraction of sp³-hybridized carbons (Fsp3) is 0.400. The first-order chi connectivity index (χ1) is 7.65. The van der Waals surface area contributed by atoms with Crippen molar-refractivity contribution < 1.29 is 0 Å². The summed E-state index contributed by atoms with van der Waals surface area (Å²) in [5.41, 5.74) is 6.42. The summed E-state index contributed by atoms with van der Waals surface area (Å²) in [7, 11) is 0. The number of aromatic nitrogens is 3. The Kier molecular flexibility index (Phi) is 3.26. The number of nitrogens with one attached hydrogen (secondary N) is 1. The Hall–Kier alpha value is -1.33. The molecule has 0 saturated carbocycles. The van der Waals surface area contributed by atoms with Crippen LogP contribution >= 0.6 is 11.6 Å². The van der Waals surface area contributed by atoms with Crippen molar-refractivity contribution in [3.8, 4) is 0 Å². The van der Waals surface area contributed by atoms with Crippen LogP contribution in [0.15, 0.2) is 18.3 Å². The first-order valence-electron chi connectivity index (χ1n) is 5.16. The Balaban J connectivity index is 2.08. The molecule has 0 aromatic carbocycles. The van der Waals surface area contributed by atoms with Gasteiger partial charge in [0.15, 0.2) is 5.65 Å². The second kappa shape index (κ2) is 4.67. The highest BCUT2D eigenvalue weighted by atomic mass is 35.5. The number of fused-ring (bicyclic) bond motifs is 1. The van der Waals surface area contributed by atoms with Crippen LogP contribution in [-0.4, -0.2) is 27.2 Å². The largest absolute Gasteiger partial charge is 0.353 e. The molecule has 0 aliphatic heterocycles. The van der Waals surface area contributed by atoms with Gasteiger partial charge >= 0.3 is 0 Å². The second-order valence-electron chi connectivity index (χ2n) is 3.78. The average molecular weight is 240 g/mol. The molecule has 2 aromatic rings. The summed E-state index contributed by atoms with van der Waals surface area (Å²) in [6.07, 6.45) is 2.61. The van der Waals surface area contributed by atoms with Crippen LogP contribution in [0, 0.1) is 0 Å². The number of pyridine rings is 1. The minimum atomic E-state index is 0.180. The summed E-state index contributed by atoms with van der Waals surface area (Å²) in [4.78, 5) is 4.29. The number of anilines is 1. The molecule has 0 radical (unpaired) electrons. The fourth-order valence-corrected chi connectivity index (χ4v) is 1.50. The fourth-order valence-electron chi connectivity index (χ4n) is 1.34. The van der Waals surface area contributed by atoms with Gasteiger partial charge < -0.3 is 11.1 Å². The van der Waals surface area contributed by atoms with Gasteiger partial charge in [-0.25, -0.2) is 4.52 Å². The summed E-state index contributed by atoms with van der Waals surface area (Å²) in [6.45, 7) is 2.74. The Morgan fingerprint density at radius 2 is 2.38 bits per heavy atom. The molecule has 16 heavy (non-hydrogen) atoms. The van der Waals surface area contributed by atoms with Crippen LogP contribution in [0.4, 0.5) is 5.95 Å². The second-order valence-corrected chi connectivity index (χ2v) is 4.21. The van der Waals surface area contributed by atoms with E-state index in [1.54, 1.807) is 16.8 Å². The van der Waals surface area contributed by atoms with E-state index in [0.29, 0.717) is 11.0 Å². The number of rotatable bonds is 4. The predicted octanol–water partition coefficient (Wildman–Crippen LogP) is 1.53. The summed E-state index contributed by atoms with van der Waals surface area (Å²) >= 11 is 5.85. The van der Waals surface area contributed by atoms with E-state index in [1.165, 1.54) is 0 Å². The predicted molar refractivity (Wildman–Crippen MR) is 64.8 cm³/mol. The van der Waals surface area contributed by atoms with Crippen molar-refractivity contribution in [2.24, 2.45) is 5.73 Å². The molecular formula is C10H14ClN5. The third-order valence-corrected chi connectivity index (χ3v) is 2.40. The maximum atomic E-state index is 5.85. The Bertz CT molecular complexity index is 479. The van der Waals surface area contributed by atoms with Crippen LogP contribution in [0.3, 0.4) is 0 Å². The van der Waals surface area contributed by atoms with Gasteiger partial charge in [0.2, 0.25) is 5.95 Å². The number of halogens is 1. The molecule has 0 spiro atoms. The number of hydrogen-bond donors (Lipinski definition) is 2. The van der Waals surface area contributed by atoms with E-state index in [2.05, 4.69) is 15.4 Å². The van der Waals surface area contributed by atoms with E-state index in [4.69, 9.17) is 17.3 Å². The van der Waals surface area contributed by atoms with Gasteiger partial charge in [0.05, 0.1) is 5.02 Å². The van der Waals surface area contributed by atoms with Crippen molar-refractivity contribution >= 4 is 23.2 Å². The number of nitrogens with zero attached hydrogens (tertiary/aromatic N) is 3. The highest BCUT2D eigenvalue weighted by Crippen LogP contribution is 2.11. The molecule has 5 nitrogen and oxygen atoms in total. The van der Waals surface area contributed by atoms with Crippen molar-refractivity contribution in [3.05, 3.63) is 23.4 Å². The molecule has 86 valence electrons. The van der Waals surface area contributed by atoms with Gasteiger partial charge in [-0.15, -0.1) is 5.10 Å². The normalized spacial score (nSPS) is 12.9. The van der Waals surface area contributed by atoms with Crippen LogP contribution in [0.25, 0.3) is 5.65 Å². The average Bonchev–Trinajstić information content (AvgIpc) is 2.58.